The van der Waals surface area contributed by atoms with E-state index in [-0.39, 0.29) is 5.92 Å². The van der Waals surface area contributed by atoms with E-state index in [2.05, 4.69) is 0 Å². The molecule has 0 aliphatic rings. The van der Waals surface area contributed by atoms with Crippen LogP contribution in [0.5, 0.6) is 0 Å². The van der Waals surface area contributed by atoms with Crippen LogP contribution in [0, 0.1) is 5.92 Å². The van der Waals surface area contributed by atoms with E-state index in [1.54, 1.807) is 13.8 Å². The molecule has 0 heterocycles. The highest BCUT2D eigenvalue weighted by molar-refractivity contribution is 7.87. The minimum atomic E-state index is -3.62. The Morgan fingerprint density at radius 3 is 1.85 bits per heavy atom. The minimum absolute atomic E-state index is 0.112. The smallest absolute Gasteiger partial charge is 0.283 e. The van der Waals surface area contributed by atoms with Crippen LogP contribution in [0.25, 0.3) is 0 Å². The lowest BCUT2D eigenvalue weighted by Crippen LogP contribution is -2.39. The molecular weight excluding hydrogens is 190 g/mol. The third-order valence-corrected chi connectivity index (χ3v) is 3.75. The maximum absolute atomic E-state index is 11.3. The Bertz CT molecular complexity index is 255. The summed E-state index contributed by atoms with van der Waals surface area (Å²) >= 11 is 0. The first-order valence-electron chi connectivity index (χ1n) is 4.29. The van der Waals surface area contributed by atoms with Crippen molar-refractivity contribution < 1.29 is 12.6 Å². The molecule has 0 aromatic carbocycles. The molecule has 0 radical (unpaired) electrons. The van der Waals surface area contributed by atoms with Crippen LogP contribution in [-0.4, -0.2) is 19.4 Å². The molecule has 0 aliphatic heterocycles. The number of nitrogens with two attached hydrogens (primary N) is 1. The van der Waals surface area contributed by atoms with Crippen LogP contribution in [0.3, 0.4) is 0 Å². The second-order valence-corrected chi connectivity index (χ2v) is 5.94. The van der Waals surface area contributed by atoms with Gasteiger partial charge in [-0.2, -0.15) is 8.42 Å². The molecule has 0 saturated heterocycles. The normalized spacial score (nSPS) is 16.2. The number of hydrogen-bond donors (Lipinski definition) is 1. The van der Waals surface area contributed by atoms with Crippen LogP contribution in [0.1, 0.15) is 34.6 Å². The predicted octanol–water partition coefficient (Wildman–Crippen LogP) is 1.07. The van der Waals surface area contributed by atoms with Gasteiger partial charge in [0, 0.05) is 0 Å². The summed E-state index contributed by atoms with van der Waals surface area (Å²) in [4.78, 5) is 0. The van der Waals surface area contributed by atoms with Gasteiger partial charge in [0.15, 0.2) is 0 Å². The molecule has 0 amide bonds. The summed E-state index contributed by atoms with van der Waals surface area (Å²) in [6.45, 7) is 8.66. The van der Waals surface area contributed by atoms with Gasteiger partial charge in [-0.15, -0.1) is 0 Å². The van der Waals surface area contributed by atoms with Crippen molar-refractivity contribution in [1.29, 1.82) is 0 Å². The highest BCUT2D eigenvalue weighted by Crippen LogP contribution is 2.23. The molecule has 13 heavy (non-hydrogen) atoms. The van der Waals surface area contributed by atoms with Gasteiger partial charge < -0.3 is 5.73 Å². The Morgan fingerprint density at radius 2 is 1.62 bits per heavy atom. The van der Waals surface area contributed by atoms with Crippen molar-refractivity contribution in [2.45, 2.75) is 45.6 Å². The fourth-order valence-corrected chi connectivity index (χ4v) is 1.41. The highest BCUT2D eigenvalue weighted by Gasteiger charge is 2.31. The Kier molecular flexibility index (Phi) is 3.90. The van der Waals surface area contributed by atoms with Crippen LogP contribution in [0.15, 0.2) is 0 Å². The molecule has 1 atom stereocenters. The molecule has 5 heteroatoms. The van der Waals surface area contributed by atoms with E-state index >= 15 is 0 Å². The lowest BCUT2D eigenvalue weighted by molar-refractivity contribution is 0.0661. The topological polar surface area (TPSA) is 69.4 Å². The fraction of sp³-hybridized carbons (Fsp3) is 1.00. The quantitative estimate of drug-likeness (QED) is 0.703. The summed E-state index contributed by atoms with van der Waals surface area (Å²) < 4.78 is 27.6. The van der Waals surface area contributed by atoms with Crippen molar-refractivity contribution in [3.63, 3.8) is 0 Å². The van der Waals surface area contributed by atoms with Crippen LogP contribution < -0.4 is 5.73 Å². The Balaban J connectivity index is 4.63. The lowest BCUT2D eigenvalue weighted by Gasteiger charge is -2.29. The summed E-state index contributed by atoms with van der Waals surface area (Å²) in [5, 5.41) is -0.981. The SMILES string of the molecule is CC(C)C(C)(C)OS(=O)(=O)C(C)N. The molecule has 0 rings (SSSR count). The second kappa shape index (κ2) is 3.94. The van der Waals surface area contributed by atoms with Gasteiger partial charge in [0.25, 0.3) is 10.1 Å². The van der Waals surface area contributed by atoms with E-state index < -0.39 is 21.1 Å². The first kappa shape index (κ1) is 12.9. The van der Waals surface area contributed by atoms with Gasteiger partial charge in [0.05, 0.1) is 5.60 Å². The molecule has 0 fully saturated rings. The molecule has 0 bridgehead atoms. The van der Waals surface area contributed by atoms with E-state index in [1.807, 2.05) is 13.8 Å². The van der Waals surface area contributed by atoms with Crippen molar-refractivity contribution in [3.8, 4) is 0 Å². The zero-order chi connectivity index (χ0) is 10.9. The van der Waals surface area contributed by atoms with Crippen LogP contribution in [-0.2, 0) is 14.3 Å². The third-order valence-electron chi connectivity index (χ3n) is 2.18. The summed E-state index contributed by atoms with van der Waals surface area (Å²) in [5.41, 5.74) is 4.56. The molecule has 0 saturated carbocycles. The fourth-order valence-electron chi connectivity index (χ4n) is 0.471. The summed E-state index contributed by atoms with van der Waals surface area (Å²) in [7, 11) is -3.62. The minimum Gasteiger partial charge on any atom is -0.313 e. The third kappa shape index (κ3) is 3.62. The standard InChI is InChI=1S/C8H19NO3S/c1-6(2)8(4,5)12-13(10,11)7(3)9/h6-7H,9H2,1-5H3. The zero-order valence-electron chi connectivity index (χ0n) is 8.87. The average Bonchev–Trinajstić information content (AvgIpc) is 1.83. The molecule has 0 aliphatic carbocycles. The first-order valence-corrected chi connectivity index (χ1v) is 5.77. The summed E-state index contributed by atoms with van der Waals surface area (Å²) in [6.07, 6.45) is 0. The van der Waals surface area contributed by atoms with Crippen molar-refractivity contribution in [2.24, 2.45) is 11.7 Å². The number of rotatable bonds is 4. The Hall–Kier alpha value is -0.130. The lowest BCUT2D eigenvalue weighted by atomic mass is 9.95. The van der Waals surface area contributed by atoms with E-state index in [9.17, 15) is 8.42 Å². The van der Waals surface area contributed by atoms with E-state index in [1.165, 1.54) is 6.92 Å². The van der Waals surface area contributed by atoms with Gasteiger partial charge in [-0.25, -0.2) is 0 Å². The molecule has 0 spiro atoms. The van der Waals surface area contributed by atoms with Crippen molar-refractivity contribution in [1.82, 2.24) is 0 Å². The van der Waals surface area contributed by atoms with Crippen molar-refractivity contribution in [2.75, 3.05) is 0 Å². The van der Waals surface area contributed by atoms with Crippen molar-refractivity contribution >= 4 is 10.1 Å². The summed E-state index contributed by atoms with van der Waals surface area (Å²) in [5.74, 6) is 0.112. The zero-order valence-corrected chi connectivity index (χ0v) is 9.68. The van der Waals surface area contributed by atoms with Gasteiger partial charge in [0.1, 0.15) is 5.37 Å². The molecule has 80 valence electrons. The molecule has 4 nitrogen and oxygen atoms in total. The molecule has 1 unspecified atom stereocenters. The van der Waals surface area contributed by atoms with Gasteiger partial charge in [-0.3, -0.25) is 4.18 Å². The van der Waals surface area contributed by atoms with Crippen LogP contribution in [0.4, 0.5) is 0 Å². The predicted molar refractivity (Wildman–Crippen MR) is 52.6 cm³/mol. The molecule has 0 aromatic rings. The average molecular weight is 209 g/mol. The van der Waals surface area contributed by atoms with Gasteiger partial charge >= 0.3 is 0 Å². The van der Waals surface area contributed by atoms with E-state index in [4.69, 9.17) is 9.92 Å². The van der Waals surface area contributed by atoms with Gasteiger partial charge in [-0.05, 0) is 26.7 Å². The molecule has 2 N–H and O–H groups in total. The summed E-state index contributed by atoms with van der Waals surface area (Å²) in [6, 6.07) is 0. The largest absolute Gasteiger partial charge is 0.313 e. The van der Waals surface area contributed by atoms with Crippen LogP contribution >= 0.6 is 0 Å². The van der Waals surface area contributed by atoms with Gasteiger partial charge in [-0.1, -0.05) is 13.8 Å². The molecular formula is C8H19NO3S. The second-order valence-electron chi connectivity index (χ2n) is 4.04. The van der Waals surface area contributed by atoms with Crippen LogP contribution in [0.2, 0.25) is 0 Å². The van der Waals surface area contributed by atoms with Gasteiger partial charge in [0.2, 0.25) is 0 Å². The Labute approximate surface area is 80.6 Å². The highest BCUT2D eigenvalue weighted by atomic mass is 32.2. The maximum atomic E-state index is 11.3. The Morgan fingerprint density at radius 1 is 1.23 bits per heavy atom. The maximum Gasteiger partial charge on any atom is 0.283 e. The van der Waals surface area contributed by atoms with E-state index in [0.29, 0.717) is 0 Å². The molecule has 0 aromatic heterocycles. The monoisotopic (exact) mass is 209 g/mol. The first-order chi connectivity index (χ1) is 5.59. The number of hydrogen-bond acceptors (Lipinski definition) is 4. The van der Waals surface area contributed by atoms with Crippen molar-refractivity contribution in [3.05, 3.63) is 0 Å². The van der Waals surface area contributed by atoms with E-state index in [0.717, 1.165) is 0 Å².